The summed E-state index contributed by atoms with van der Waals surface area (Å²) in [6.45, 7) is 0. The Morgan fingerprint density at radius 2 is 2.44 bits per heavy atom. The number of nitrogens with one attached hydrogen (secondary N) is 1. The van der Waals surface area contributed by atoms with Crippen LogP contribution in [0.5, 0.6) is 0 Å². The predicted octanol–water partition coefficient (Wildman–Crippen LogP) is 1.53. The van der Waals surface area contributed by atoms with E-state index in [0.29, 0.717) is 24.1 Å². The molecule has 1 N–H and O–H groups in total. The van der Waals surface area contributed by atoms with Crippen molar-refractivity contribution in [3.63, 3.8) is 0 Å². The number of rotatable bonds is 5. The van der Waals surface area contributed by atoms with Crippen molar-refractivity contribution >= 4 is 5.69 Å². The molecule has 5 heteroatoms. The second-order valence-corrected chi connectivity index (χ2v) is 4.16. The van der Waals surface area contributed by atoms with E-state index in [0.717, 1.165) is 0 Å². The summed E-state index contributed by atoms with van der Waals surface area (Å²) in [7, 11) is 1.90. The first-order chi connectivity index (χ1) is 7.72. The number of hydrogen-bond donors (Lipinski definition) is 1. The predicted molar refractivity (Wildman–Crippen MR) is 60.2 cm³/mol. The fourth-order valence-electron chi connectivity index (χ4n) is 1.96. The van der Waals surface area contributed by atoms with Crippen molar-refractivity contribution in [3.8, 4) is 0 Å². The summed E-state index contributed by atoms with van der Waals surface area (Å²) >= 11 is 0. The zero-order chi connectivity index (χ0) is 11.5. The molecular weight excluding hydrogens is 206 g/mol. The summed E-state index contributed by atoms with van der Waals surface area (Å²) in [5, 5.41) is 14.0. The summed E-state index contributed by atoms with van der Waals surface area (Å²) < 4.78 is 0. The van der Waals surface area contributed by atoms with Gasteiger partial charge in [0.25, 0.3) is 5.69 Å². The minimum atomic E-state index is -0.359. The number of nitro groups is 1. The molecule has 0 amide bonds. The molecule has 5 nitrogen and oxygen atoms in total. The van der Waals surface area contributed by atoms with Crippen LogP contribution in [0.25, 0.3) is 0 Å². The Hall–Kier alpha value is -1.49. The molecular formula is C11H15N3O2. The van der Waals surface area contributed by atoms with Crippen LogP contribution in [0, 0.1) is 16.0 Å². The normalized spacial score (nSPS) is 17.1. The molecule has 2 rings (SSSR count). The Balaban J connectivity index is 2.15. The molecule has 1 aromatic heterocycles. The molecule has 1 saturated carbocycles. The molecule has 1 fully saturated rings. The maximum Gasteiger partial charge on any atom is 0.290 e. The molecule has 1 aliphatic rings. The quantitative estimate of drug-likeness (QED) is 0.604. The summed E-state index contributed by atoms with van der Waals surface area (Å²) in [6, 6.07) is 3.43. The Labute approximate surface area is 94.0 Å². The Morgan fingerprint density at radius 3 is 3.00 bits per heavy atom. The van der Waals surface area contributed by atoms with Gasteiger partial charge in [-0.2, -0.15) is 0 Å². The van der Waals surface area contributed by atoms with Crippen LogP contribution in [0.1, 0.15) is 18.5 Å². The smallest absolute Gasteiger partial charge is 0.290 e. The molecule has 1 atom stereocenters. The SMILES string of the molecule is CNC(Cc1ncccc1[N+](=O)[O-])C1CC1. The average molecular weight is 221 g/mol. The van der Waals surface area contributed by atoms with E-state index in [1.807, 2.05) is 7.05 Å². The van der Waals surface area contributed by atoms with E-state index < -0.39 is 0 Å². The van der Waals surface area contributed by atoms with Crippen LogP contribution in [0.3, 0.4) is 0 Å². The molecule has 0 aromatic carbocycles. The summed E-state index contributed by atoms with van der Waals surface area (Å²) in [5.74, 6) is 0.659. The van der Waals surface area contributed by atoms with Crippen molar-refractivity contribution in [2.24, 2.45) is 5.92 Å². The lowest BCUT2D eigenvalue weighted by atomic mass is 10.1. The first kappa shape index (κ1) is 11.0. The molecule has 1 heterocycles. The standard InChI is InChI=1S/C11H15N3O2/c1-12-9(8-4-5-8)7-10-11(14(15)16)3-2-6-13-10/h2-3,6,8-9,12H,4-5,7H2,1H3. The van der Waals surface area contributed by atoms with E-state index in [4.69, 9.17) is 0 Å². The van der Waals surface area contributed by atoms with Crippen LogP contribution in [-0.4, -0.2) is 23.0 Å². The maximum absolute atomic E-state index is 10.8. The average Bonchev–Trinajstić information content (AvgIpc) is 3.10. The number of aromatic nitrogens is 1. The zero-order valence-electron chi connectivity index (χ0n) is 9.22. The molecule has 1 aliphatic carbocycles. The molecule has 0 radical (unpaired) electrons. The van der Waals surface area contributed by atoms with Crippen LogP contribution in [0.15, 0.2) is 18.3 Å². The van der Waals surface area contributed by atoms with E-state index in [1.165, 1.54) is 18.9 Å². The Bertz CT molecular complexity index is 391. The lowest BCUT2D eigenvalue weighted by molar-refractivity contribution is -0.386. The number of nitrogens with zero attached hydrogens (tertiary/aromatic N) is 2. The van der Waals surface area contributed by atoms with Crippen molar-refractivity contribution in [3.05, 3.63) is 34.1 Å². The van der Waals surface area contributed by atoms with Gasteiger partial charge in [-0.3, -0.25) is 15.1 Å². The first-order valence-corrected chi connectivity index (χ1v) is 5.48. The van der Waals surface area contributed by atoms with Crippen LogP contribution >= 0.6 is 0 Å². The minimum Gasteiger partial charge on any atom is -0.316 e. The Morgan fingerprint density at radius 1 is 1.69 bits per heavy atom. The van der Waals surface area contributed by atoms with Crippen LogP contribution in [0.4, 0.5) is 5.69 Å². The summed E-state index contributed by atoms with van der Waals surface area (Å²) in [4.78, 5) is 14.6. The molecule has 1 aromatic rings. The van der Waals surface area contributed by atoms with Crippen LogP contribution < -0.4 is 5.32 Å². The highest BCUT2D eigenvalue weighted by Crippen LogP contribution is 2.34. The lowest BCUT2D eigenvalue weighted by Gasteiger charge is -2.14. The molecule has 16 heavy (non-hydrogen) atoms. The third kappa shape index (κ3) is 2.36. The highest BCUT2D eigenvalue weighted by Gasteiger charge is 2.31. The second kappa shape index (κ2) is 4.57. The summed E-state index contributed by atoms with van der Waals surface area (Å²) in [6.07, 6.45) is 4.68. The molecule has 0 spiro atoms. The highest BCUT2D eigenvalue weighted by atomic mass is 16.6. The van der Waals surface area contributed by atoms with Gasteiger partial charge in [-0.1, -0.05) is 0 Å². The molecule has 0 bridgehead atoms. The maximum atomic E-state index is 10.8. The van der Waals surface area contributed by atoms with E-state index in [2.05, 4.69) is 10.3 Å². The van der Waals surface area contributed by atoms with E-state index in [-0.39, 0.29) is 10.6 Å². The van der Waals surface area contributed by atoms with Gasteiger partial charge in [0, 0.05) is 24.7 Å². The van der Waals surface area contributed by atoms with Crippen molar-refractivity contribution < 1.29 is 4.92 Å². The minimum absolute atomic E-state index is 0.128. The highest BCUT2D eigenvalue weighted by molar-refractivity contribution is 5.35. The zero-order valence-corrected chi connectivity index (χ0v) is 9.22. The van der Waals surface area contributed by atoms with Gasteiger partial charge < -0.3 is 5.32 Å². The van der Waals surface area contributed by atoms with Gasteiger partial charge in [-0.25, -0.2) is 0 Å². The number of likely N-dealkylation sites (N-methyl/N-ethyl adjacent to an activating group) is 1. The second-order valence-electron chi connectivity index (χ2n) is 4.16. The third-order valence-electron chi connectivity index (χ3n) is 3.04. The van der Waals surface area contributed by atoms with Gasteiger partial charge in [0.1, 0.15) is 5.69 Å². The Kier molecular flexibility index (Phi) is 3.14. The van der Waals surface area contributed by atoms with Gasteiger partial charge in [-0.15, -0.1) is 0 Å². The van der Waals surface area contributed by atoms with Gasteiger partial charge in [0.15, 0.2) is 0 Å². The van der Waals surface area contributed by atoms with Crippen molar-refractivity contribution in [2.45, 2.75) is 25.3 Å². The van der Waals surface area contributed by atoms with Crippen molar-refractivity contribution in [1.29, 1.82) is 0 Å². The van der Waals surface area contributed by atoms with Gasteiger partial charge >= 0.3 is 0 Å². The fraction of sp³-hybridized carbons (Fsp3) is 0.545. The van der Waals surface area contributed by atoms with Gasteiger partial charge in [-0.05, 0) is 31.9 Å². The summed E-state index contributed by atoms with van der Waals surface area (Å²) in [5.41, 5.74) is 0.710. The number of pyridine rings is 1. The molecule has 0 saturated heterocycles. The largest absolute Gasteiger partial charge is 0.316 e. The monoisotopic (exact) mass is 221 g/mol. The third-order valence-corrected chi connectivity index (χ3v) is 3.04. The van der Waals surface area contributed by atoms with E-state index in [1.54, 1.807) is 12.3 Å². The molecule has 0 aliphatic heterocycles. The fourth-order valence-corrected chi connectivity index (χ4v) is 1.96. The topological polar surface area (TPSA) is 68.1 Å². The number of hydrogen-bond acceptors (Lipinski definition) is 4. The van der Waals surface area contributed by atoms with Crippen molar-refractivity contribution in [2.75, 3.05) is 7.05 Å². The van der Waals surface area contributed by atoms with Gasteiger partial charge in [0.05, 0.1) is 4.92 Å². The first-order valence-electron chi connectivity index (χ1n) is 5.48. The van der Waals surface area contributed by atoms with Crippen molar-refractivity contribution in [1.82, 2.24) is 10.3 Å². The molecule has 86 valence electrons. The van der Waals surface area contributed by atoms with E-state index in [9.17, 15) is 10.1 Å². The van der Waals surface area contributed by atoms with E-state index >= 15 is 0 Å². The lowest BCUT2D eigenvalue weighted by Crippen LogP contribution is -2.30. The van der Waals surface area contributed by atoms with Crippen LogP contribution in [0.2, 0.25) is 0 Å². The molecule has 1 unspecified atom stereocenters. The van der Waals surface area contributed by atoms with Crippen LogP contribution in [-0.2, 0) is 6.42 Å². The van der Waals surface area contributed by atoms with Gasteiger partial charge in [0.2, 0.25) is 0 Å².